The average Bonchev–Trinajstić information content (AvgIpc) is 2.53. The fourth-order valence-corrected chi connectivity index (χ4v) is 3.91. The number of nitrogens with zero attached hydrogens (tertiary/aromatic N) is 1. The van der Waals surface area contributed by atoms with Crippen molar-refractivity contribution >= 4 is 9.84 Å². The Bertz CT molecular complexity index is 324. The molecular weight excluding hydrogens is 240 g/mol. The highest BCUT2D eigenvalue weighted by molar-refractivity contribution is 7.91. The molecule has 17 heavy (non-hydrogen) atoms. The maximum atomic E-state index is 11.5. The summed E-state index contributed by atoms with van der Waals surface area (Å²) in [5.41, 5.74) is 0. The van der Waals surface area contributed by atoms with Gasteiger partial charge in [-0.2, -0.15) is 0 Å². The minimum Gasteiger partial charge on any atom is -0.380 e. The second-order valence-corrected chi connectivity index (χ2v) is 7.09. The second kappa shape index (κ2) is 6.13. The number of ether oxygens (including phenoxy) is 1. The molecular formula is C11H22N2O3S. The molecule has 0 aromatic heterocycles. The highest BCUT2D eigenvalue weighted by Crippen LogP contribution is 2.07. The van der Waals surface area contributed by atoms with Crippen LogP contribution in [0.1, 0.15) is 12.8 Å². The summed E-state index contributed by atoms with van der Waals surface area (Å²) in [6, 6.07) is 0.137. The van der Waals surface area contributed by atoms with Crippen LogP contribution in [-0.4, -0.2) is 70.3 Å². The predicted octanol–water partition coefficient (Wildman–Crippen LogP) is -0.515. The summed E-state index contributed by atoms with van der Waals surface area (Å²) < 4.78 is 28.4. The molecule has 6 heteroatoms. The molecule has 2 saturated heterocycles. The van der Waals surface area contributed by atoms with Crippen molar-refractivity contribution in [2.75, 3.05) is 50.9 Å². The van der Waals surface area contributed by atoms with Crippen LogP contribution in [0.3, 0.4) is 0 Å². The van der Waals surface area contributed by atoms with Crippen LogP contribution >= 0.6 is 0 Å². The summed E-state index contributed by atoms with van der Waals surface area (Å²) in [6.07, 6.45) is 2.00. The molecule has 2 rings (SSSR count). The van der Waals surface area contributed by atoms with E-state index in [4.69, 9.17) is 4.74 Å². The highest BCUT2D eigenvalue weighted by atomic mass is 32.2. The van der Waals surface area contributed by atoms with Crippen LogP contribution in [0.4, 0.5) is 0 Å². The first-order valence-electron chi connectivity index (χ1n) is 6.40. The molecule has 5 nitrogen and oxygen atoms in total. The molecule has 2 heterocycles. The lowest BCUT2D eigenvalue weighted by molar-refractivity contribution is 0.140. The molecule has 1 atom stereocenters. The Balaban J connectivity index is 1.73. The van der Waals surface area contributed by atoms with Gasteiger partial charge in [0.1, 0.15) is 0 Å². The van der Waals surface area contributed by atoms with Crippen LogP contribution in [0, 0.1) is 0 Å². The normalized spacial score (nSPS) is 30.9. The van der Waals surface area contributed by atoms with Crippen LogP contribution < -0.4 is 5.32 Å². The standard InChI is InChI=1S/C11H22N2O3S/c14-17(15)9-3-12-11(10-17)2-5-13-4-1-7-16-8-6-13/h11-12H,1-10H2. The Morgan fingerprint density at radius 2 is 2.18 bits per heavy atom. The molecule has 0 amide bonds. The number of sulfone groups is 1. The van der Waals surface area contributed by atoms with E-state index in [9.17, 15) is 8.42 Å². The predicted molar refractivity (Wildman–Crippen MR) is 66.9 cm³/mol. The minimum absolute atomic E-state index is 0.137. The van der Waals surface area contributed by atoms with Gasteiger partial charge in [-0.15, -0.1) is 0 Å². The van der Waals surface area contributed by atoms with E-state index in [0.29, 0.717) is 18.1 Å². The maximum absolute atomic E-state index is 11.5. The first kappa shape index (κ1) is 13.3. The van der Waals surface area contributed by atoms with Crippen molar-refractivity contribution in [2.45, 2.75) is 18.9 Å². The van der Waals surface area contributed by atoms with Gasteiger partial charge in [0, 0.05) is 32.3 Å². The van der Waals surface area contributed by atoms with E-state index in [2.05, 4.69) is 10.2 Å². The van der Waals surface area contributed by atoms with E-state index in [1.54, 1.807) is 0 Å². The molecule has 0 aromatic carbocycles. The molecule has 0 aromatic rings. The lowest BCUT2D eigenvalue weighted by Crippen LogP contribution is -2.46. The van der Waals surface area contributed by atoms with Gasteiger partial charge in [0.05, 0.1) is 18.1 Å². The third-order valence-corrected chi connectivity index (χ3v) is 5.15. The van der Waals surface area contributed by atoms with E-state index in [0.717, 1.165) is 45.7 Å². The fraction of sp³-hybridized carbons (Fsp3) is 1.00. The quantitative estimate of drug-likeness (QED) is 0.742. The van der Waals surface area contributed by atoms with Gasteiger partial charge in [-0.3, -0.25) is 0 Å². The maximum Gasteiger partial charge on any atom is 0.153 e. The topological polar surface area (TPSA) is 58.6 Å². The zero-order chi connectivity index (χ0) is 12.1. The van der Waals surface area contributed by atoms with E-state index >= 15 is 0 Å². The number of hydrogen-bond acceptors (Lipinski definition) is 5. The SMILES string of the molecule is O=S1(=O)CCNC(CCN2CCCOCC2)C1. The summed E-state index contributed by atoms with van der Waals surface area (Å²) in [6.45, 7) is 5.27. The second-order valence-electron chi connectivity index (χ2n) is 4.86. The van der Waals surface area contributed by atoms with E-state index < -0.39 is 9.84 Å². The van der Waals surface area contributed by atoms with E-state index in [1.807, 2.05) is 0 Å². The summed E-state index contributed by atoms with van der Waals surface area (Å²) in [5.74, 6) is 0.596. The van der Waals surface area contributed by atoms with Gasteiger partial charge < -0.3 is 15.0 Å². The largest absolute Gasteiger partial charge is 0.380 e. The summed E-state index contributed by atoms with van der Waals surface area (Å²) in [4.78, 5) is 2.37. The molecule has 1 unspecified atom stereocenters. The summed E-state index contributed by atoms with van der Waals surface area (Å²) >= 11 is 0. The molecule has 2 aliphatic heterocycles. The average molecular weight is 262 g/mol. The summed E-state index contributed by atoms with van der Waals surface area (Å²) in [7, 11) is -2.80. The van der Waals surface area contributed by atoms with Crippen molar-refractivity contribution in [3.8, 4) is 0 Å². The van der Waals surface area contributed by atoms with Gasteiger partial charge in [-0.05, 0) is 19.4 Å². The smallest absolute Gasteiger partial charge is 0.153 e. The van der Waals surface area contributed by atoms with Gasteiger partial charge in [-0.1, -0.05) is 0 Å². The number of hydrogen-bond donors (Lipinski definition) is 1. The van der Waals surface area contributed by atoms with Crippen LogP contribution in [0.15, 0.2) is 0 Å². The summed E-state index contributed by atoms with van der Waals surface area (Å²) in [5, 5.41) is 3.29. The molecule has 0 aliphatic carbocycles. The first-order chi connectivity index (χ1) is 8.16. The van der Waals surface area contributed by atoms with E-state index in [1.165, 1.54) is 0 Å². The lowest BCUT2D eigenvalue weighted by atomic mass is 10.2. The fourth-order valence-electron chi connectivity index (χ4n) is 2.41. The Morgan fingerprint density at radius 3 is 3.00 bits per heavy atom. The Hall–Kier alpha value is -0.170. The Labute approximate surface area is 103 Å². The molecule has 0 spiro atoms. The Morgan fingerprint density at radius 1 is 1.29 bits per heavy atom. The van der Waals surface area contributed by atoms with Gasteiger partial charge in [-0.25, -0.2) is 8.42 Å². The molecule has 2 aliphatic rings. The van der Waals surface area contributed by atoms with Gasteiger partial charge in [0.15, 0.2) is 9.84 Å². The van der Waals surface area contributed by atoms with Crippen LogP contribution in [0.2, 0.25) is 0 Å². The minimum atomic E-state index is -2.80. The zero-order valence-corrected chi connectivity index (χ0v) is 11.0. The van der Waals surface area contributed by atoms with Crippen LogP contribution in [0.5, 0.6) is 0 Å². The Kier molecular flexibility index (Phi) is 4.78. The number of nitrogens with one attached hydrogen (secondary N) is 1. The molecule has 100 valence electrons. The molecule has 0 bridgehead atoms. The van der Waals surface area contributed by atoms with Crippen molar-refractivity contribution in [3.63, 3.8) is 0 Å². The van der Waals surface area contributed by atoms with Crippen molar-refractivity contribution < 1.29 is 13.2 Å². The third kappa shape index (κ3) is 4.54. The molecule has 0 radical (unpaired) electrons. The van der Waals surface area contributed by atoms with Gasteiger partial charge in [0.2, 0.25) is 0 Å². The highest BCUT2D eigenvalue weighted by Gasteiger charge is 2.24. The van der Waals surface area contributed by atoms with E-state index in [-0.39, 0.29) is 6.04 Å². The molecule has 2 fully saturated rings. The monoisotopic (exact) mass is 262 g/mol. The van der Waals surface area contributed by atoms with Crippen molar-refractivity contribution in [1.82, 2.24) is 10.2 Å². The van der Waals surface area contributed by atoms with Crippen molar-refractivity contribution in [3.05, 3.63) is 0 Å². The van der Waals surface area contributed by atoms with Crippen molar-refractivity contribution in [1.29, 1.82) is 0 Å². The lowest BCUT2D eigenvalue weighted by Gasteiger charge is -2.26. The molecule has 1 N–H and O–H groups in total. The van der Waals surface area contributed by atoms with Gasteiger partial charge >= 0.3 is 0 Å². The number of rotatable bonds is 3. The van der Waals surface area contributed by atoms with Crippen LogP contribution in [-0.2, 0) is 14.6 Å². The van der Waals surface area contributed by atoms with Crippen molar-refractivity contribution in [2.24, 2.45) is 0 Å². The van der Waals surface area contributed by atoms with Gasteiger partial charge in [0.25, 0.3) is 0 Å². The molecule has 0 saturated carbocycles. The zero-order valence-electron chi connectivity index (χ0n) is 10.2. The third-order valence-electron chi connectivity index (χ3n) is 3.41. The first-order valence-corrected chi connectivity index (χ1v) is 8.22. The van der Waals surface area contributed by atoms with Crippen LogP contribution in [0.25, 0.3) is 0 Å².